The van der Waals surface area contributed by atoms with Gasteiger partial charge >= 0.3 is 0 Å². The Kier molecular flexibility index (Phi) is 7.61. The van der Waals surface area contributed by atoms with Crippen molar-refractivity contribution in [2.24, 2.45) is 0 Å². The van der Waals surface area contributed by atoms with Crippen LogP contribution >= 0.6 is 21.4 Å². The fraction of sp³-hybridized carbons (Fsp3) is 0.0400. The molecule has 3 heteroatoms. The Morgan fingerprint density at radius 3 is 1.72 bits per heavy atom. The standard InChI is InChI=1S/C50H37NS2/c1-53(2)47-29-14-12-24-42(47)50-44(27-16-30-48(50)53)51(36-31-32-40-39-22-11-13-28-45(39)52-46(40)33-36)43-26-15-25-38(35-19-7-4-8-20-35)49(43)41-23-10-9-21-37(41)34-17-5-3-6-18-34/h3-33H,1-2H3. The number of hydrogen-bond acceptors (Lipinski definition) is 2. The zero-order chi connectivity index (χ0) is 35.5. The largest absolute Gasteiger partial charge is 0.309 e. The van der Waals surface area contributed by atoms with Crippen molar-refractivity contribution in [1.29, 1.82) is 0 Å². The van der Waals surface area contributed by atoms with Crippen LogP contribution < -0.4 is 4.90 Å². The van der Waals surface area contributed by atoms with Gasteiger partial charge in [-0.3, -0.25) is 0 Å². The van der Waals surface area contributed by atoms with Gasteiger partial charge in [-0.15, -0.1) is 11.3 Å². The van der Waals surface area contributed by atoms with Gasteiger partial charge in [0.05, 0.1) is 11.4 Å². The van der Waals surface area contributed by atoms with Crippen LogP contribution in [0.4, 0.5) is 17.1 Å². The maximum Gasteiger partial charge on any atom is 0.0551 e. The van der Waals surface area contributed by atoms with Crippen LogP contribution in [-0.2, 0) is 0 Å². The fourth-order valence-electron chi connectivity index (χ4n) is 8.34. The van der Waals surface area contributed by atoms with Crippen molar-refractivity contribution in [2.75, 3.05) is 17.4 Å². The summed E-state index contributed by atoms with van der Waals surface area (Å²) in [4.78, 5) is 5.45. The minimum atomic E-state index is -1.22. The van der Waals surface area contributed by atoms with Crippen molar-refractivity contribution < 1.29 is 0 Å². The van der Waals surface area contributed by atoms with E-state index in [0.29, 0.717) is 0 Å². The van der Waals surface area contributed by atoms with Gasteiger partial charge in [0.1, 0.15) is 0 Å². The Morgan fingerprint density at radius 2 is 0.943 bits per heavy atom. The molecule has 0 saturated carbocycles. The summed E-state index contributed by atoms with van der Waals surface area (Å²) < 4.78 is 2.60. The van der Waals surface area contributed by atoms with Gasteiger partial charge in [-0.2, -0.15) is 10.0 Å². The van der Waals surface area contributed by atoms with Crippen molar-refractivity contribution in [1.82, 2.24) is 0 Å². The summed E-state index contributed by atoms with van der Waals surface area (Å²) in [5, 5.41) is 2.62. The predicted molar refractivity (Wildman–Crippen MR) is 232 cm³/mol. The molecule has 0 atom stereocenters. The predicted octanol–water partition coefficient (Wildman–Crippen LogP) is 15.0. The molecule has 8 aromatic carbocycles. The summed E-state index contributed by atoms with van der Waals surface area (Å²) in [7, 11) is -1.22. The van der Waals surface area contributed by atoms with E-state index in [-0.39, 0.29) is 0 Å². The first-order valence-corrected chi connectivity index (χ1v) is 21.3. The molecule has 0 N–H and O–H groups in total. The third-order valence-corrected chi connectivity index (χ3v) is 14.8. The topological polar surface area (TPSA) is 3.24 Å². The van der Waals surface area contributed by atoms with Gasteiger partial charge in [0.25, 0.3) is 0 Å². The molecule has 0 fully saturated rings. The Bertz CT molecular complexity index is 2810. The van der Waals surface area contributed by atoms with E-state index in [2.05, 4.69) is 205 Å². The average molecular weight is 716 g/mol. The third kappa shape index (κ3) is 5.15. The SMILES string of the molecule is CS1(C)c2ccccc2-c2c(N(c3ccc4c(c3)sc3ccccc34)c3cccc(-c4ccccc4)c3-c3ccccc3-c3ccccc3)cccc21. The molecule has 0 saturated heterocycles. The zero-order valence-electron chi connectivity index (χ0n) is 29.7. The van der Waals surface area contributed by atoms with E-state index in [9.17, 15) is 0 Å². The van der Waals surface area contributed by atoms with Gasteiger partial charge < -0.3 is 4.90 Å². The van der Waals surface area contributed by atoms with E-state index in [1.54, 1.807) is 0 Å². The summed E-state index contributed by atoms with van der Waals surface area (Å²) in [6, 6.07) is 69.4. The van der Waals surface area contributed by atoms with E-state index < -0.39 is 10.0 Å². The molecule has 2 heterocycles. The van der Waals surface area contributed by atoms with Crippen molar-refractivity contribution in [3.05, 3.63) is 188 Å². The molecule has 1 aromatic heterocycles. The summed E-state index contributed by atoms with van der Waals surface area (Å²) in [6.45, 7) is 0. The van der Waals surface area contributed by atoms with Crippen LogP contribution in [-0.4, -0.2) is 12.5 Å². The Hall–Kier alpha value is -5.87. The number of hydrogen-bond donors (Lipinski definition) is 0. The Morgan fingerprint density at radius 1 is 0.396 bits per heavy atom. The van der Waals surface area contributed by atoms with E-state index in [0.717, 1.165) is 11.4 Å². The molecule has 0 amide bonds. The van der Waals surface area contributed by atoms with E-state index in [4.69, 9.17) is 0 Å². The Balaban J connectivity index is 1.33. The summed E-state index contributed by atoms with van der Waals surface area (Å²) in [6.07, 6.45) is 4.90. The van der Waals surface area contributed by atoms with Gasteiger partial charge in [0.2, 0.25) is 0 Å². The van der Waals surface area contributed by atoms with Gasteiger partial charge in [-0.05, 0) is 88.4 Å². The van der Waals surface area contributed by atoms with Crippen LogP contribution in [0.25, 0.3) is 64.7 Å². The molecule has 1 aliphatic heterocycles. The zero-order valence-corrected chi connectivity index (χ0v) is 31.3. The highest BCUT2D eigenvalue weighted by Crippen LogP contribution is 2.69. The first-order chi connectivity index (χ1) is 26.1. The summed E-state index contributed by atoms with van der Waals surface area (Å²) in [5.41, 5.74) is 13.4. The molecule has 254 valence electrons. The average Bonchev–Trinajstić information content (AvgIpc) is 3.70. The molecule has 0 spiro atoms. The second kappa shape index (κ2) is 12.7. The lowest BCUT2D eigenvalue weighted by Gasteiger charge is -2.32. The van der Waals surface area contributed by atoms with Crippen LogP contribution in [0.3, 0.4) is 0 Å². The normalized spacial score (nSPS) is 13.5. The lowest BCUT2D eigenvalue weighted by molar-refractivity contribution is 1.27. The van der Waals surface area contributed by atoms with Gasteiger partial charge in [0.15, 0.2) is 0 Å². The van der Waals surface area contributed by atoms with E-state index in [1.165, 1.54) is 80.2 Å². The molecular formula is C50H37NS2. The molecule has 10 rings (SSSR count). The van der Waals surface area contributed by atoms with Crippen molar-refractivity contribution >= 4 is 58.6 Å². The molecule has 0 aliphatic carbocycles. The number of rotatable bonds is 6. The maximum absolute atomic E-state index is 2.56. The molecule has 53 heavy (non-hydrogen) atoms. The number of thiophene rings is 1. The lowest BCUT2D eigenvalue weighted by atomic mass is 9.87. The summed E-state index contributed by atoms with van der Waals surface area (Å²) in [5.74, 6) is 0. The monoisotopic (exact) mass is 715 g/mol. The molecular weight excluding hydrogens is 679 g/mol. The lowest BCUT2D eigenvalue weighted by Crippen LogP contribution is -2.13. The number of nitrogens with zero attached hydrogens (tertiary/aromatic N) is 1. The molecule has 9 aromatic rings. The molecule has 0 bridgehead atoms. The van der Waals surface area contributed by atoms with Gasteiger partial charge in [-0.1, -0.05) is 146 Å². The van der Waals surface area contributed by atoms with Crippen LogP contribution in [0.5, 0.6) is 0 Å². The second-order valence-electron chi connectivity index (χ2n) is 14.1. The molecule has 1 aliphatic rings. The highest BCUT2D eigenvalue weighted by atomic mass is 32.3. The smallest absolute Gasteiger partial charge is 0.0551 e. The minimum absolute atomic E-state index is 1.15. The molecule has 0 radical (unpaired) electrons. The maximum atomic E-state index is 2.56. The fourth-order valence-corrected chi connectivity index (χ4v) is 12.0. The van der Waals surface area contributed by atoms with Crippen molar-refractivity contribution in [3.63, 3.8) is 0 Å². The van der Waals surface area contributed by atoms with Crippen LogP contribution in [0.2, 0.25) is 0 Å². The van der Waals surface area contributed by atoms with E-state index >= 15 is 0 Å². The van der Waals surface area contributed by atoms with Crippen molar-refractivity contribution in [3.8, 4) is 44.5 Å². The first-order valence-electron chi connectivity index (χ1n) is 18.1. The number of anilines is 3. The number of benzene rings is 8. The highest BCUT2D eigenvalue weighted by Gasteiger charge is 2.35. The molecule has 0 unspecified atom stereocenters. The van der Waals surface area contributed by atoms with E-state index in [1.807, 2.05) is 11.3 Å². The Labute approximate surface area is 316 Å². The first kappa shape index (κ1) is 31.8. The molecule has 1 nitrogen and oxygen atoms in total. The van der Waals surface area contributed by atoms with Crippen LogP contribution in [0.1, 0.15) is 0 Å². The quantitative estimate of drug-likeness (QED) is 0.166. The second-order valence-corrected chi connectivity index (χ2v) is 18.7. The van der Waals surface area contributed by atoms with Crippen LogP contribution in [0, 0.1) is 0 Å². The van der Waals surface area contributed by atoms with Crippen molar-refractivity contribution in [2.45, 2.75) is 9.79 Å². The summed E-state index contributed by atoms with van der Waals surface area (Å²) >= 11 is 1.88. The minimum Gasteiger partial charge on any atom is -0.309 e. The van der Waals surface area contributed by atoms with Gasteiger partial charge in [0, 0.05) is 46.8 Å². The van der Waals surface area contributed by atoms with Crippen LogP contribution in [0.15, 0.2) is 198 Å². The highest BCUT2D eigenvalue weighted by molar-refractivity contribution is 8.33. The van der Waals surface area contributed by atoms with Gasteiger partial charge in [-0.25, -0.2) is 0 Å². The number of fused-ring (bicyclic) bond motifs is 6. The third-order valence-electron chi connectivity index (χ3n) is 10.8.